The van der Waals surface area contributed by atoms with Gasteiger partial charge < -0.3 is 9.66 Å². The van der Waals surface area contributed by atoms with Crippen LogP contribution in [0, 0.1) is 5.82 Å². The molecule has 0 amide bonds. The van der Waals surface area contributed by atoms with Crippen molar-refractivity contribution in [3.05, 3.63) is 35.1 Å². The number of carbonyl (C=O) groups is 1. The Balaban J connectivity index is 2.98. The first-order chi connectivity index (χ1) is 9.21. The van der Waals surface area contributed by atoms with Crippen LogP contribution >= 0.6 is 0 Å². The molecule has 0 aliphatic heterocycles. The van der Waals surface area contributed by atoms with E-state index in [1.165, 1.54) is 18.3 Å². The minimum absolute atomic E-state index is 0.0906. The number of benzene rings is 1. The quantitative estimate of drug-likeness (QED) is 0.671. The second kappa shape index (κ2) is 6.85. The van der Waals surface area contributed by atoms with Crippen LogP contribution in [-0.2, 0) is 22.6 Å². The molecule has 0 aromatic heterocycles. The Hall–Kier alpha value is -1.40. The van der Waals surface area contributed by atoms with Crippen LogP contribution in [0.5, 0.6) is 0 Å². The van der Waals surface area contributed by atoms with Crippen LogP contribution in [0.1, 0.15) is 38.3 Å². The lowest BCUT2D eigenvalue weighted by atomic mass is 10.0. The van der Waals surface area contributed by atoms with Gasteiger partial charge in [0, 0.05) is 12.0 Å². The normalized spacial score (nSPS) is 13.7. The van der Waals surface area contributed by atoms with Gasteiger partial charge in [0.1, 0.15) is 21.9 Å². The smallest absolute Gasteiger partial charge is 0.303 e. The molecule has 6 heteroatoms. The van der Waals surface area contributed by atoms with Gasteiger partial charge in [-0.25, -0.2) is 4.39 Å². The summed E-state index contributed by atoms with van der Waals surface area (Å²) in [5.41, 5.74) is 0.744. The van der Waals surface area contributed by atoms with Crippen molar-refractivity contribution in [1.29, 1.82) is 0 Å². The number of hydrogen-bond acceptors (Lipinski definition) is 3. The summed E-state index contributed by atoms with van der Waals surface area (Å²) in [5.74, 6) is -1.45. The van der Waals surface area contributed by atoms with Crippen molar-refractivity contribution in [3.8, 4) is 0 Å². The molecule has 0 saturated heterocycles. The van der Waals surface area contributed by atoms with Crippen LogP contribution in [-0.4, -0.2) is 26.6 Å². The highest BCUT2D eigenvalue weighted by atomic mass is 32.2. The van der Waals surface area contributed by atoms with E-state index in [1.807, 2.05) is 0 Å². The molecular formula is C14H18FNO3S. The van der Waals surface area contributed by atoms with E-state index in [0.717, 1.165) is 0 Å². The van der Waals surface area contributed by atoms with Gasteiger partial charge in [0.25, 0.3) is 0 Å². The van der Waals surface area contributed by atoms with E-state index in [9.17, 15) is 13.7 Å². The van der Waals surface area contributed by atoms with Crippen LogP contribution in [0.4, 0.5) is 4.39 Å². The molecule has 0 aliphatic carbocycles. The molecule has 4 nitrogen and oxygen atoms in total. The second-order valence-corrected chi connectivity index (χ2v) is 7.24. The predicted octanol–water partition coefficient (Wildman–Crippen LogP) is 2.72. The topological polar surface area (TPSA) is 72.7 Å². The summed E-state index contributed by atoms with van der Waals surface area (Å²) in [7, 11) is 0. The van der Waals surface area contributed by atoms with Gasteiger partial charge in [-0.2, -0.15) is 0 Å². The van der Waals surface area contributed by atoms with E-state index in [4.69, 9.17) is 5.11 Å². The highest BCUT2D eigenvalue weighted by molar-refractivity contribution is 7.91. The first kappa shape index (κ1) is 16.7. The SMILES string of the molecule is CC(C)(C)[S+]([O-])/N=C/c1c(F)cccc1CCC(=O)O. The maximum atomic E-state index is 13.8. The van der Waals surface area contributed by atoms with Crippen LogP contribution in [0.3, 0.4) is 0 Å². The van der Waals surface area contributed by atoms with E-state index in [-0.39, 0.29) is 18.4 Å². The lowest BCUT2D eigenvalue weighted by Gasteiger charge is -2.17. The third-order valence-electron chi connectivity index (χ3n) is 2.55. The van der Waals surface area contributed by atoms with Crippen molar-refractivity contribution >= 4 is 23.5 Å². The number of aliphatic carboxylic acids is 1. The van der Waals surface area contributed by atoms with Crippen molar-refractivity contribution in [1.82, 2.24) is 0 Å². The van der Waals surface area contributed by atoms with Gasteiger partial charge in [-0.3, -0.25) is 4.79 Å². The van der Waals surface area contributed by atoms with Crippen LogP contribution < -0.4 is 0 Å². The molecule has 0 spiro atoms. The molecule has 0 saturated carbocycles. The average Bonchev–Trinajstić information content (AvgIpc) is 2.33. The van der Waals surface area contributed by atoms with E-state index in [0.29, 0.717) is 5.56 Å². The third kappa shape index (κ3) is 4.94. The molecule has 0 bridgehead atoms. The van der Waals surface area contributed by atoms with E-state index < -0.39 is 27.9 Å². The van der Waals surface area contributed by atoms with Crippen molar-refractivity contribution in [3.63, 3.8) is 0 Å². The van der Waals surface area contributed by atoms with E-state index >= 15 is 0 Å². The lowest BCUT2D eigenvalue weighted by Crippen LogP contribution is -2.26. The van der Waals surface area contributed by atoms with Gasteiger partial charge in [0.15, 0.2) is 0 Å². The van der Waals surface area contributed by atoms with Crippen molar-refractivity contribution in [2.24, 2.45) is 4.40 Å². The molecular weight excluding hydrogens is 281 g/mol. The Bertz CT molecular complexity index is 512. The van der Waals surface area contributed by atoms with E-state index in [2.05, 4.69) is 4.40 Å². The number of carboxylic acids is 1. The minimum atomic E-state index is -1.48. The van der Waals surface area contributed by atoms with E-state index in [1.54, 1.807) is 26.8 Å². The fraction of sp³-hybridized carbons (Fsp3) is 0.429. The largest absolute Gasteiger partial charge is 0.591 e. The molecule has 0 aliphatic rings. The molecule has 0 fully saturated rings. The number of hydrogen-bond donors (Lipinski definition) is 1. The summed E-state index contributed by atoms with van der Waals surface area (Å²) < 4.78 is 29.0. The number of halogens is 1. The molecule has 1 aromatic carbocycles. The first-order valence-electron chi connectivity index (χ1n) is 6.17. The second-order valence-electron chi connectivity index (χ2n) is 5.30. The number of nitrogens with zero attached hydrogens (tertiary/aromatic N) is 1. The molecule has 1 N–H and O–H groups in total. The predicted molar refractivity (Wildman–Crippen MR) is 77.8 cm³/mol. The maximum Gasteiger partial charge on any atom is 0.303 e. The number of carboxylic acid groups (broad SMARTS) is 1. The van der Waals surface area contributed by atoms with Crippen molar-refractivity contribution < 1.29 is 18.8 Å². The fourth-order valence-electron chi connectivity index (χ4n) is 1.44. The number of rotatable bonds is 5. The van der Waals surface area contributed by atoms with Gasteiger partial charge in [-0.15, -0.1) is 0 Å². The average molecular weight is 299 g/mol. The molecule has 20 heavy (non-hydrogen) atoms. The summed E-state index contributed by atoms with van der Waals surface area (Å²) in [4.78, 5) is 10.6. The summed E-state index contributed by atoms with van der Waals surface area (Å²) in [6.07, 6.45) is 1.34. The van der Waals surface area contributed by atoms with Gasteiger partial charge in [-0.05, 0) is 38.8 Å². The lowest BCUT2D eigenvalue weighted by molar-refractivity contribution is -0.136. The van der Waals surface area contributed by atoms with Gasteiger partial charge in [-0.1, -0.05) is 16.5 Å². The van der Waals surface area contributed by atoms with Crippen molar-refractivity contribution in [2.75, 3.05) is 0 Å². The molecule has 1 unspecified atom stereocenters. The van der Waals surface area contributed by atoms with Gasteiger partial charge in [0.05, 0.1) is 6.21 Å². The maximum absolute atomic E-state index is 13.8. The van der Waals surface area contributed by atoms with Crippen molar-refractivity contribution in [2.45, 2.75) is 38.4 Å². The molecule has 1 aromatic rings. The summed E-state index contributed by atoms with van der Waals surface area (Å²) >= 11 is -1.48. The Kier molecular flexibility index (Phi) is 5.71. The Morgan fingerprint density at radius 2 is 2.15 bits per heavy atom. The van der Waals surface area contributed by atoms with Crippen LogP contribution in [0.15, 0.2) is 22.6 Å². The standard InChI is InChI=1S/C14H18FNO3S/c1-14(2,3)20(19)16-9-11-10(7-8-13(17)18)5-4-6-12(11)15/h4-6,9H,7-8H2,1-3H3,(H,17,18)/b16-9+. The zero-order valence-electron chi connectivity index (χ0n) is 11.7. The highest BCUT2D eigenvalue weighted by Crippen LogP contribution is 2.19. The minimum Gasteiger partial charge on any atom is -0.591 e. The van der Waals surface area contributed by atoms with Gasteiger partial charge >= 0.3 is 5.97 Å². The zero-order chi connectivity index (χ0) is 15.3. The summed E-state index contributed by atoms with van der Waals surface area (Å²) in [6.45, 7) is 5.31. The Morgan fingerprint density at radius 1 is 1.50 bits per heavy atom. The molecule has 0 heterocycles. The molecule has 1 atom stereocenters. The Labute approximate surface area is 121 Å². The first-order valence-corrected chi connectivity index (χ1v) is 7.27. The number of aryl methyl sites for hydroxylation is 1. The molecule has 0 radical (unpaired) electrons. The zero-order valence-corrected chi connectivity index (χ0v) is 12.5. The molecule has 110 valence electrons. The monoisotopic (exact) mass is 299 g/mol. The highest BCUT2D eigenvalue weighted by Gasteiger charge is 2.26. The molecule has 1 rings (SSSR count). The summed E-state index contributed by atoms with van der Waals surface area (Å²) in [5, 5.41) is 8.68. The third-order valence-corrected chi connectivity index (χ3v) is 3.90. The Morgan fingerprint density at radius 3 is 2.70 bits per heavy atom. The summed E-state index contributed by atoms with van der Waals surface area (Å²) in [6, 6.07) is 4.43. The van der Waals surface area contributed by atoms with Gasteiger partial charge in [0.2, 0.25) is 0 Å². The van der Waals surface area contributed by atoms with Crippen LogP contribution in [0.25, 0.3) is 0 Å². The van der Waals surface area contributed by atoms with Crippen LogP contribution in [0.2, 0.25) is 0 Å². The fourth-order valence-corrected chi connectivity index (χ4v) is 1.96.